The van der Waals surface area contributed by atoms with Gasteiger partial charge in [-0.2, -0.15) is 0 Å². The van der Waals surface area contributed by atoms with E-state index in [-0.39, 0.29) is 5.02 Å². The van der Waals surface area contributed by atoms with Gasteiger partial charge >= 0.3 is 11.9 Å². The summed E-state index contributed by atoms with van der Waals surface area (Å²) < 4.78 is 32.8. The second-order valence-electron chi connectivity index (χ2n) is 5.68. The number of rotatable bonds is 5. The van der Waals surface area contributed by atoms with E-state index >= 15 is 0 Å². The third-order valence-corrected chi connectivity index (χ3v) is 2.92. The zero-order valence-electron chi connectivity index (χ0n) is 12.1. The Labute approximate surface area is 130 Å². The lowest BCUT2D eigenvalue weighted by molar-refractivity contribution is -0.199. The van der Waals surface area contributed by atoms with Crippen molar-refractivity contribution >= 4 is 23.5 Å². The summed E-state index contributed by atoms with van der Waals surface area (Å²) >= 11 is 5.48. The van der Waals surface area contributed by atoms with E-state index in [2.05, 4.69) is 0 Å². The second kappa shape index (κ2) is 6.18. The van der Waals surface area contributed by atoms with Gasteiger partial charge in [0.2, 0.25) is 0 Å². The van der Waals surface area contributed by atoms with E-state index in [1.807, 2.05) is 0 Å². The summed E-state index contributed by atoms with van der Waals surface area (Å²) in [5.74, 6) is -6.00. The largest absolute Gasteiger partial charge is 0.479 e. The van der Waals surface area contributed by atoms with Crippen molar-refractivity contribution in [1.82, 2.24) is 0 Å². The third-order valence-electron chi connectivity index (χ3n) is 2.70. The molecule has 1 aromatic carbocycles. The van der Waals surface area contributed by atoms with Crippen LogP contribution in [0.1, 0.15) is 26.3 Å². The minimum atomic E-state index is -2.83. The van der Waals surface area contributed by atoms with Crippen LogP contribution in [0.15, 0.2) is 12.1 Å². The minimum Gasteiger partial charge on any atom is -0.479 e. The molecule has 22 heavy (non-hydrogen) atoms. The second-order valence-corrected chi connectivity index (χ2v) is 6.11. The number of hydrogen-bond acceptors (Lipinski definition) is 3. The van der Waals surface area contributed by atoms with Gasteiger partial charge in [0.15, 0.2) is 0 Å². The van der Waals surface area contributed by atoms with Crippen LogP contribution >= 0.6 is 11.6 Å². The molecule has 0 amide bonds. The van der Waals surface area contributed by atoms with Gasteiger partial charge in [-0.25, -0.2) is 18.4 Å². The molecule has 0 bridgehead atoms. The molecule has 1 rings (SSSR count). The molecular formula is C14H15ClF2O5. The van der Waals surface area contributed by atoms with Crippen LogP contribution in [-0.4, -0.2) is 33.4 Å². The summed E-state index contributed by atoms with van der Waals surface area (Å²) in [5.41, 5.74) is -4.72. The highest BCUT2D eigenvalue weighted by Crippen LogP contribution is 2.29. The molecule has 122 valence electrons. The number of aliphatic carboxylic acids is 2. The molecular weight excluding hydrogens is 322 g/mol. The Hall–Kier alpha value is -1.73. The molecule has 2 N–H and O–H groups in total. The predicted octanol–water partition coefficient (Wildman–Crippen LogP) is 2.88. The summed E-state index contributed by atoms with van der Waals surface area (Å²) in [6.07, 6.45) is -1.02. The van der Waals surface area contributed by atoms with Crippen molar-refractivity contribution in [3.63, 3.8) is 0 Å². The molecule has 0 radical (unpaired) electrons. The van der Waals surface area contributed by atoms with Gasteiger partial charge in [-0.15, -0.1) is 0 Å². The Balaban J connectivity index is 3.42. The smallest absolute Gasteiger partial charge is 0.348 e. The summed E-state index contributed by atoms with van der Waals surface area (Å²) in [4.78, 5) is 22.9. The van der Waals surface area contributed by atoms with Crippen molar-refractivity contribution in [1.29, 1.82) is 0 Å². The highest BCUT2D eigenvalue weighted by atomic mass is 35.5. The molecule has 0 aliphatic carbocycles. The van der Waals surface area contributed by atoms with Crippen molar-refractivity contribution in [2.75, 3.05) is 0 Å². The van der Waals surface area contributed by atoms with E-state index in [0.29, 0.717) is 0 Å². The van der Waals surface area contributed by atoms with Crippen LogP contribution in [0.25, 0.3) is 0 Å². The number of carboxylic acids is 2. The highest BCUT2D eigenvalue weighted by molar-refractivity contribution is 6.30. The summed E-state index contributed by atoms with van der Waals surface area (Å²) in [7, 11) is 0. The fraction of sp³-hybridized carbons (Fsp3) is 0.429. The molecule has 0 unspecified atom stereocenters. The molecule has 0 saturated heterocycles. The van der Waals surface area contributed by atoms with E-state index in [4.69, 9.17) is 16.3 Å². The summed E-state index contributed by atoms with van der Waals surface area (Å²) in [6, 6.07) is 1.54. The van der Waals surface area contributed by atoms with E-state index in [1.54, 1.807) is 0 Å². The Kier molecular flexibility index (Phi) is 5.14. The normalized spacial score (nSPS) is 12.3. The Bertz CT molecular complexity index is 573. The van der Waals surface area contributed by atoms with Crippen molar-refractivity contribution in [2.45, 2.75) is 38.4 Å². The zero-order chi connectivity index (χ0) is 17.3. The fourth-order valence-corrected chi connectivity index (χ4v) is 2.07. The molecule has 0 aliphatic heterocycles. The fourth-order valence-electron chi connectivity index (χ4n) is 1.88. The Morgan fingerprint density at radius 1 is 1.14 bits per heavy atom. The molecule has 0 fully saturated rings. The molecule has 0 atom stereocenters. The molecule has 8 heteroatoms. The monoisotopic (exact) mass is 336 g/mol. The number of ether oxygens (including phenoxy) is 1. The molecule has 0 aromatic heterocycles. The van der Waals surface area contributed by atoms with Crippen LogP contribution in [0.5, 0.6) is 0 Å². The van der Waals surface area contributed by atoms with Crippen LogP contribution < -0.4 is 0 Å². The van der Waals surface area contributed by atoms with Crippen molar-refractivity contribution in [3.05, 3.63) is 34.4 Å². The molecule has 5 nitrogen and oxygen atoms in total. The quantitative estimate of drug-likeness (QED) is 0.808. The van der Waals surface area contributed by atoms with Gasteiger partial charge in [-0.1, -0.05) is 11.6 Å². The molecule has 0 saturated carbocycles. The van der Waals surface area contributed by atoms with Gasteiger partial charge in [0.05, 0.1) is 5.60 Å². The summed E-state index contributed by atoms with van der Waals surface area (Å²) in [5, 5.41) is 18.3. The van der Waals surface area contributed by atoms with Gasteiger partial charge in [-0.3, -0.25) is 0 Å². The average molecular weight is 337 g/mol. The third kappa shape index (κ3) is 3.92. The zero-order valence-corrected chi connectivity index (χ0v) is 12.9. The first-order chi connectivity index (χ1) is 9.89. The van der Waals surface area contributed by atoms with Crippen LogP contribution in [-0.2, 0) is 20.7 Å². The van der Waals surface area contributed by atoms with E-state index in [0.717, 1.165) is 12.1 Å². The number of halogens is 3. The molecule has 0 heterocycles. The first kappa shape index (κ1) is 18.3. The standard InChI is InChI=1S/C14H15ClF2O5/c1-13(2,3)22-14(11(18)19,12(20)21)6-8-9(16)4-7(15)5-10(8)17/h4-5H,6H2,1-3H3,(H,18,19)(H,20,21). The average Bonchev–Trinajstić information content (AvgIpc) is 2.29. The first-order valence-corrected chi connectivity index (χ1v) is 6.57. The lowest BCUT2D eigenvalue weighted by Gasteiger charge is -2.33. The van der Waals surface area contributed by atoms with Crippen LogP contribution in [0.3, 0.4) is 0 Å². The van der Waals surface area contributed by atoms with Crippen LogP contribution in [0, 0.1) is 11.6 Å². The Morgan fingerprint density at radius 3 is 1.86 bits per heavy atom. The maximum absolute atomic E-state index is 13.8. The number of carbonyl (C=O) groups is 2. The van der Waals surface area contributed by atoms with Crippen LogP contribution in [0.2, 0.25) is 5.02 Å². The van der Waals surface area contributed by atoms with Crippen LogP contribution in [0.4, 0.5) is 8.78 Å². The Morgan fingerprint density at radius 2 is 1.55 bits per heavy atom. The van der Waals surface area contributed by atoms with Gasteiger partial charge in [-0.05, 0) is 32.9 Å². The van der Waals surface area contributed by atoms with E-state index in [9.17, 15) is 28.6 Å². The lowest BCUT2D eigenvalue weighted by Crippen LogP contribution is -2.55. The number of carboxylic acid groups (broad SMARTS) is 2. The van der Waals surface area contributed by atoms with Gasteiger partial charge in [0.25, 0.3) is 5.60 Å². The maximum atomic E-state index is 13.8. The van der Waals surface area contributed by atoms with Crippen molar-refractivity contribution < 1.29 is 33.3 Å². The van der Waals surface area contributed by atoms with Crippen molar-refractivity contribution in [3.8, 4) is 0 Å². The molecule has 1 aromatic rings. The minimum absolute atomic E-state index is 0.230. The van der Waals surface area contributed by atoms with Gasteiger partial charge < -0.3 is 14.9 Å². The van der Waals surface area contributed by atoms with Gasteiger partial charge in [0.1, 0.15) is 11.6 Å². The predicted molar refractivity (Wildman–Crippen MR) is 73.9 cm³/mol. The lowest BCUT2D eigenvalue weighted by atomic mass is 9.92. The SMILES string of the molecule is CC(C)(C)OC(Cc1c(F)cc(Cl)cc1F)(C(=O)O)C(=O)O. The van der Waals surface area contributed by atoms with Crippen molar-refractivity contribution in [2.24, 2.45) is 0 Å². The van der Waals surface area contributed by atoms with E-state index < -0.39 is 46.8 Å². The highest BCUT2D eigenvalue weighted by Gasteiger charge is 2.51. The topological polar surface area (TPSA) is 83.8 Å². The number of hydrogen-bond donors (Lipinski definition) is 2. The number of benzene rings is 1. The first-order valence-electron chi connectivity index (χ1n) is 6.19. The summed E-state index contributed by atoms with van der Waals surface area (Å²) in [6.45, 7) is 4.30. The maximum Gasteiger partial charge on any atom is 0.348 e. The molecule has 0 spiro atoms. The molecule has 0 aliphatic rings. The van der Waals surface area contributed by atoms with E-state index in [1.165, 1.54) is 20.8 Å². The van der Waals surface area contributed by atoms with Gasteiger partial charge in [0, 0.05) is 17.0 Å².